The number of H-pyrrole nitrogens is 1. The van der Waals surface area contributed by atoms with Crippen molar-refractivity contribution in [2.24, 2.45) is 18.9 Å². The molecule has 2 saturated carbocycles. The van der Waals surface area contributed by atoms with Gasteiger partial charge in [-0.1, -0.05) is 11.6 Å². The second-order valence-electron chi connectivity index (χ2n) is 7.45. The molecule has 7 nitrogen and oxygen atoms in total. The van der Waals surface area contributed by atoms with Crippen molar-refractivity contribution in [2.45, 2.75) is 24.5 Å². The van der Waals surface area contributed by atoms with E-state index in [4.69, 9.17) is 11.6 Å². The fourth-order valence-electron chi connectivity index (χ4n) is 4.47. The van der Waals surface area contributed by atoms with Crippen LogP contribution in [0.1, 0.15) is 28.8 Å². The minimum absolute atomic E-state index is 0.110. The predicted octanol–water partition coefficient (Wildman–Crippen LogP) is 1.98. The number of halogens is 1. The highest BCUT2D eigenvalue weighted by Crippen LogP contribution is 2.60. The zero-order valence-electron chi connectivity index (χ0n) is 14.1. The summed E-state index contributed by atoms with van der Waals surface area (Å²) in [6.45, 7) is 0. The molecule has 1 aromatic carbocycles. The molecule has 3 N–H and O–H groups in total. The summed E-state index contributed by atoms with van der Waals surface area (Å²) < 4.78 is 1.61. The van der Waals surface area contributed by atoms with E-state index in [0.717, 1.165) is 16.5 Å². The van der Waals surface area contributed by atoms with E-state index < -0.39 is 5.60 Å². The van der Waals surface area contributed by atoms with Crippen LogP contribution < -0.4 is 5.32 Å². The smallest absolute Gasteiger partial charge is 0.254 e. The lowest BCUT2D eigenvalue weighted by Gasteiger charge is -2.27. The number of hydrogen-bond donors (Lipinski definition) is 3. The van der Waals surface area contributed by atoms with Crippen molar-refractivity contribution in [1.82, 2.24) is 25.3 Å². The summed E-state index contributed by atoms with van der Waals surface area (Å²) in [4.78, 5) is 12.3. The highest BCUT2D eigenvalue weighted by atomic mass is 35.5. The van der Waals surface area contributed by atoms with Gasteiger partial charge < -0.3 is 10.4 Å². The normalized spacial score (nSPS) is 29.7. The Balaban J connectivity index is 1.33. The van der Waals surface area contributed by atoms with Crippen molar-refractivity contribution < 1.29 is 9.90 Å². The SMILES string of the molecule is Cn1cc(C(=O)NC2[C@H]3CC(O)(c4cc(Cl)cc5[nH]ncc45)C[C@@H]23)cn1. The molecular weight excluding hydrogens is 354 g/mol. The fourth-order valence-corrected chi connectivity index (χ4v) is 4.69. The summed E-state index contributed by atoms with van der Waals surface area (Å²) in [5.74, 6) is 0.448. The Morgan fingerprint density at radius 1 is 1.38 bits per heavy atom. The van der Waals surface area contributed by atoms with Crippen molar-refractivity contribution in [2.75, 3.05) is 0 Å². The second kappa shape index (κ2) is 5.31. The minimum Gasteiger partial charge on any atom is -0.385 e. The molecule has 8 heteroatoms. The van der Waals surface area contributed by atoms with Crippen LogP contribution in [0, 0.1) is 11.8 Å². The molecular formula is C18H18ClN5O2. The summed E-state index contributed by atoms with van der Waals surface area (Å²) in [5, 5.41) is 26.8. The molecule has 2 heterocycles. The summed E-state index contributed by atoms with van der Waals surface area (Å²) in [5.41, 5.74) is 1.27. The van der Waals surface area contributed by atoms with E-state index in [1.807, 2.05) is 12.1 Å². The Labute approximate surface area is 154 Å². The molecule has 2 aliphatic rings. The van der Waals surface area contributed by atoms with Crippen LogP contribution in [0.25, 0.3) is 10.9 Å². The highest BCUT2D eigenvalue weighted by Gasteiger charge is 2.62. The largest absolute Gasteiger partial charge is 0.385 e. The van der Waals surface area contributed by atoms with Crippen LogP contribution in [0.4, 0.5) is 0 Å². The number of nitrogens with one attached hydrogen (secondary N) is 2. The van der Waals surface area contributed by atoms with Crippen molar-refractivity contribution >= 4 is 28.4 Å². The number of carbonyl (C=O) groups excluding carboxylic acids is 1. The van der Waals surface area contributed by atoms with Crippen LogP contribution in [0.5, 0.6) is 0 Å². The van der Waals surface area contributed by atoms with Gasteiger partial charge in [-0.15, -0.1) is 0 Å². The van der Waals surface area contributed by atoms with Gasteiger partial charge >= 0.3 is 0 Å². The molecule has 5 rings (SSSR count). The number of aryl methyl sites for hydroxylation is 1. The molecule has 3 aromatic rings. The number of rotatable bonds is 3. The van der Waals surface area contributed by atoms with Gasteiger partial charge in [0.15, 0.2) is 0 Å². The van der Waals surface area contributed by atoms with E-state index in [0.29, 0.717) is 23.4 Å². The lowest BCUT2D eigenvalue weighted by Crippen LogP contribution is -2.33. The van der Waals surface area contributed by atoms with Gasteiger partial charge in [0.25, 0.3) is 5.91 Å². The maximum atomic E-state index is 12.3. The van der Waals surface area contributed by atoms with Gasteiger partial charge in [0.05, 0.1) is 29.1 Å². The first-order valence-electron chi connectivity index (χ1n) is 8.60. The van der Waals surface area contributed by atoms with Crippen LogP contribution in [0.15, 0.2) is 30.7 Å². The predicted molar refractivity (Wildman–Crippen MR) is 95.7 cm³/mol. The number of amides is 1. The van der Waals surface area contributed by atoms with Crippen LogP contribution in [0.2, 0.25) is 5.02 Å². The van der Waals surface area contributed by atoms with Crippen LogP contribution in [0.3, 0.4) is 0 Å². The fraction of sp³-hybridized carbons (Fsp3) is 0.389. The van der Waals surface area contributed by atoms with Crippen LogP contribution in [-0.2, 0) is 12.6 Å². The average molecular weight is 372 g/mol. The topological polar surface area (TPSA) is 95.8 Å². The molecule has 2 unspecified atom stereocenters. The van der Waals surface area contributed by atoms with E-state index >= 15 is 0 Å². The number of carbonyl (C=O) groups is 1. The summed E-state index contributed by atoms with van der Waals surface area (Å²) >= 11 is 6.21. The third-order valence-corrected chi connectivity index (χ3v) is 5.99. The number of aliphatic hydroxyl groups is 1. The molecule has 0 bridgehead atoms. The minimum atomic E-state index is -0.933. The van der Waals surface area contributed by atoms with E-state index in [-0.39, 0.29) is 23.8 Å². The Kier molecular flexibility index (Phi) is 3.24. The van der Waals surface area contributed by atoms with Gasteiger partial charge in [-0.05, 0) is 42.4 Å². The first-order valence-corrected chi connectivity index (χ1v) is 8.97. The molecule has 0 spiro atoms. The van der Waals surface area contributed by atoms with Crippen LogP contribution in [-0.4, -0.2) is 37.0 Å². The third kappa shape index (κ3) is 2.34. The van der Waals surface area contributed by atoms with Crippen molar-refractivity contribution in [3.63, 3.8) is 0 Å². The summed E-state index contributed by atoms with van der Waals surface area (Å²) in [6, 6.07) is 3.75. The maximum Gasteiger partial charge on any atom is 0.254 e. The van der Waals surface area contributed by atoms with Gasteiger partial charge in [0, 0.05) is 29.7 Å². The molecule has 0 saturated heterocycles. The van der Waals surface area contributed by atoms with Gasteiger partial charge in [0.1, 0.15) is 0 Å². The van der Waals surface area contributed by atoms with E-state index in [1.165, 1.54) is 0 Å². The lowest BCUT2D eigenvalue weighted by atomic mass is 9.86. The van der Waals surface area contributed by atoms with Gasteiger partial charge in [-0.3, -0.25) is 14.6 Å². The van der Waals surface area contributed by atoms with E-state index in [9.17, 15) is 9.90 Å². The summed E-state index contributed by atoms with van der Waals surface area (Å²) in [7, 11) is 1.78. The standard InChI is InChI=1S/C18H18ClN5O2/c1-24-8-9(6-21-24)17(25)22-16-11-4-18(26,5-12(11)16)14-2-10(19)3-15-13(14)7-20-23-15/h2-3,6-8,11-12,16,26H,4-5H2,1H3,(H,20,23)(H,22,25)/t11-,12+,16?,18?. The zero-order chi connectivity index (χ0) is 18.1. The molecule has 1 amide bonds. The number of aromatic amines is 1. The van der Waals surface area contributed by atoms with Crippen LogP contribution >= 0.6 is 11.6 Å². The molecule has 2 aromatic heterocycles. The molecule has 26 heavy (non-hydrogen) atoms. The quantitative estimate of drug-likeness (QED) is 0.656. The Morgan fingerprint density at radius 2 is 2.15 bits per heavy atom. The lowest BCUT2D eigenvalue weighted by molar-refractivity contribution is 0.0293. The zero-order valence-corrected chi connectivity index (χ0v) is 14.9. The van der Waals surface area contributed by atoms with E-state index in [1.54, 1.807) is 30.3 Å². The van der Waals surface area contributed by atoms with Crippen molar-refractivity contribution in [1.29, 1.82) is 0 Å². The van der Waals surface area contributed by atoms with E-state index in [2.05, 4.69) is 20.6 Å². The first kappa shape index (κ1) is 15.8. The number of aromatic nitrogens is 4. The van der Waals surface area contributed by atoms with Crippen molar-refractivity contribution in [3.8, 4) is 0 Å². The summed E-state index contributed by atoms with van der Waals surface area (Å²) in [6.07, 6.45) is 6.20. The Bertz CT molecular complexity index is 1010. The average Bonchev–Trinajstić information content (AvgIpc) is 3.06. The Hall–Kier alpha value is -2.38. The number of nitrogens with zero attached hydrogens (tertiary/aromatic N) is 3. The highest BCUT2D eigenvalue weighted by molar-refractivity contribution is 6.31. The molecule has 2 aliphatic carbocycles. The van der Waals surface area contributed by atoms with Gasteiger partial charge in [-0.25, -0.2) is 0 Å². The monoisotopic (exact) mass is 371 g/mol. The molecule has 0 aliphatic heterocycles. The third-order valence-electron chi connectivity index (χ3n) is 5.77. The molecule has 2 fully saturated rings. The van der Waals surface area contributed by atoms with Gasteiger partial charge in [0.2, 0.25) is 0 Å². The number of fused-ring (bicyclic) bond motifs is 2. The number of benzene rings is 1. The second-order valence-corrected chi connectivity index (χ2v) is 7.89. The van der Waals surface area contributed by atoms with Crippen molar-refractivity contribution in [3.05, 3.63) is 46.9 Å². The molecule has 0 radical (unpaired) electrons. The molecule has 4 atom stereocenters. The first-order chi connectivity index (χ1) is 12.4. The van der Waals surface area contributed by atoms with Gasteiger partial charge in [-0.2, -0.15) is 10.2 Å². The maximum absolute atomic E-state index is 12.3. The Morgan fingerprint density at radius 3 is 2.85 bits per heavy atom. The number of hydrogen-bond acceptors (Lipinski definition) is 4. The molecule has 134 valence electrons.